The molecule has 2 rings (SSSR count). The average Bonchev–Trinajstić information content (AvgIpc) is 3.10. The van der Waals surface area contributed by atoms with Crippen molar-refractivity contribution in [2.45, 2.75) is 18.1 Å². The van der Waals surface area contributed by atoms with Crippen LogP contribution in [-0.4, -0.2) is 33.1 Å². The zero-order valence-electron chi connectivity index (χ0n) is 11.0. The first-order valence-corrected chi connectivity index (χ1v) is 7.91. The van der Waals surface area contributed by atoms with Gasteiger partial charge < -0.3 is 4.74 Å². The largest absolute Gasteiger partial charge is 0.383 e. The molecular weight excluding hydrogens is 262 g/mol. The molecule has 19 heavy (non-hydrogen) atoms. The molecule has 0 bridgehead atoms. The molecule has 4 nitrogen and oxygen atoms in total. The van der Waals surface area contributed by atoms with Gasteiger partial charge in [0.15, 0.2) is 9.84 Å². The third-order valence-corrected chi connectivity index (χ3v) is 6.07. The van der Waals surface area contributed by atoms with E-state index in [0.29, 0.717) is 0 Å². The molecule has 3 atom stereocenters. The fraction of sp³-hybridized carbons (Fsp3) is 0.500. The highest BCUT2D eigenvalue weighted by Crippen LogP contribution is 2.62. The van der Waals surface area contributed by atoms with Gasteiger partial charge in [0.05, 0.1) is 17.9 Å². The summed E-state index contributed by atoms with van der Waals surface area (Å²) in [5.41, 5.74) is -0.0478. The molecule has 5 heteroatoms. The van der Waals surface area contributed by atoms with Crippen molar-refractivity contribution in [3.05, 3.63) is 35.9 Å². The normalized spacial score (nSPS) is 29.7. The molecule has 0 amide bonds. The Balaban J connectivity index is 2.45. The number of hydrogen-bond donors (Lipinski definition) is 0. The Hall–Kier alpha value is -1.38. The summed E-state index contributed by atoms with van der Waals surface area (Å²) in [5, 5.41) is 8.80. The van der Waals surface area contributed by atoms with Gasteiger partial charge in [0.1, 0.15) is 5.41 Å². The monoisotopic (exact) mass is 279 g/mol. The van der Waals surface area contributed by atoms with Gasteiger partial charge in [-0.15, -0.1) is 0 Å². The molecule has 0 aromatic heterocycles. The number of methoxy groups -OCH3 is 1. The molecule has 1 saturated carbocycles. The van der Waals surface area contributed by atoms with Crippen LogP contribution < -0.4 is 0 Å². The molecule has 0 heterocycles. The molecule has 0 radical (unpaired) electrons. The summed E-state index contributed by atoms with van der Waals surface area (Å²) in [6.07, 6.45) is 0. The van der Waals surface area contributed by atoms with Crippen LogP contribution in [-0.2, 0) is 14.6 Å². The highest BCUT2D eigenvalue weighted by atomic mass is 32.2. The Morgan fingerprint density at radius 2 is 2.00 bits per heavy atom. The van der Waals surface area contributed by atoms with Crippen LogP contribution in [0.25, 0.3) is 0 Å². The van der Waals surface area contributed by atoms with Crippen molar-refractivity contribution in [3.8, 4) is 6.07 Å². The van der Waals surface area contributed by atoms with Crippen molar-refractivity contribution < 1.29 is 13.2 Å². The van der Waals surface area contributed by atoms with Gasteiger partial charge in [-0.25, -0.2) is 8.42 Å². The topological polar surface area (TPSA) is 67.2 Å². The molecule has 0 spiro atoms. The van der Waals surface area contributed by atoms with E-state index in [1.54, 1.807) is 6.92 Å². The third kappa shape index (κ3) is 2.15. The van der Waals surface area contributed by atoms with E-state index < -0.39 is 20.5 Å². The number of rotatable bonds is 5. The summed E-state index contributed by atoms with van der Waals surface area (Å²) in [4.78, 5) is 0. The highest BCUT2D eigenvalue weighted by molar-refractivity contribution is 7.92. The first-order chi connectivity index (χ1) is 9.03. The van der Waals surface area contributed by atoms with Crippen LogP contribution >= 0.6 is 0 Å². The van der Waals surface area contributed by atoms with Crippen LogP contribution in [0.2, 0.25) is 0 Å². The van der Waals surface area contributed by atoms with Gasteiger partial charge in [-0.3, -0.25) is 0 Å². The van der Waals surface area contributed by atoms with E-state index in [2.05, 4.69) is 6.07 Å². The third-order valence-electron chi connectivity index (χ3n) is 3.80. The van der Waals surface area contributed by atoms with Gasteiger partial charge in [-0.1, -0.05) is 37.3 Å². The molecule has 1 aromatic carbocycles. The Kier molecular flexibility index (Phi) is 3.66. The van der Waals surface area contributed by atoms with Gasteiger partial charge in [-0.2, -0.15) is 5.26 Å². The predicted molar refractivity (Wildman–Crippen MR) is 72.4 cm³/mol. The van der Waals surface area contributed by atoms with E-state index in [1.165, 1.54) is 7.11 Å². The fourth-order valence-electron chi connectivity index (χ4n) is 2.82. The fourth-order valence-corrected chi connectivity index (χ4v) is 4.82. The summed E-state index contributed by atoms with van der Waals surface area (Å²) in [5.74, 6) is -0.239. The smallest absolute Gasteiger partial charge is 0.155 e. The molecule has 1 fully saturated rings. The van der Waals surface area contributed by atoms with Crippen LogP contribution in [0.1, 0.15) is 18.4 Å². The maximum Gasteiger partial charge on any atom is 0.155 e. The average molecular weight is 279 g/mol. The number of ether oxygens (including phenoxy) is 1. The lowest BCUT2D eigenvalue weighted by molar-refractivity contribution is 0.162. The maximum atomic E-state index is 12.2. The van der Waals surface area contributed by atoms with E-state index >= 15 is 0 Å². The molecule has 0 saturated heterocycles. The van der Waals surface area contributed by atoms with Crippen LogP contribution in [0, 0.1) is 16.7 Å². The number of nitrogens with zero attached hydrogens (tertiary/aromatic N) is 1. The van der Waals surface area contributed by atoms with Crippen molar-refractivity contribution >= 4 is 9.84 Å². The summed E-state index contributed by atoms with van der Waals surface area (Å²) < 4.78 is 29.5. The standard InChI is InChI=1S/C14H17NO3S/c1-3-19(16,17)13-12(11-7-5-4-6-8-11)14(13,9-15)10-18-2/h4-8,12-13H,3,10H2,1-2H3/t12-,13+,14-/m0/s1. The first kappa shape index (κ1) is 14.0. The Morgan fingerprint density at radius 1 is 1.37 bits per heavy atom. The van der Waals surface area contributed by atoms with E-state index in [4.69, 9.17) is 4.74 Å². The second kappa shape index (κ2) is 4.95. The zero-order valence-corrected chi connectivity index (χ0v) is 11.9. The van der Waals surface area contributed by atoms with Crippen molar-refractivity contribution in [2.75, 3.05) is 19.5 Å². The molecule has 1 aromatic rings. The van der Waals surface area contributed by atoms with Gasteiger partial charge in [0, 0.05) is 18.8 Å². The number of hydrogen-bond acceptors (Lipinski definition) is 4. The van der Waals surface area contributed by atoms with Crippen molar-refractivity contribution in [2.24, 2.45) is 5.41 Å². The predicted octanol–water partition coefficient (Wildman–Crippen LogP) is 1.74. The Bertz CT molecular complexity index is 591. The van der Waals surface area contributed by atoms with Gasteiger partial charge >= 0.3 is 0 Å². The summed E-state index contributed by atoms with van der Waals surface area (Å²) >= 11 is 0. The quantitative estimate of drug-likeness (QED) is 0.823. The summed E-state index contributed by atoms with van der Waals surface area (Å²) in [6.45, 7) is 1.76. The molecule has 0 N–H and O–H groups in total. The SMILES string of the molecule is CCS(=O)(=O)[C@@H]1[C@H](c2ccccc2)[C@]1(C#N)COC. The molecule has 102 valence electrons. The molecular formula is C14H17NO3S. The molecule has 1 aliphatic carbocycles. The Labute approximate surface area is 113 Å². The molecule has 1 aliphatic rings. The zero-order chi connectivity index (χ0) is 14.1. The minimum absolute atomic E-state index is 0.0497. The lowest BCUT2D eigenvalue weighted by Gasteiger charge is -2.07. The van der Waals surface area contributed by atoms with Gasteiger partial charge in [-0.05, 0) is 5.56 Å². The van der Waals surface area contributed by atoms with Crippen LogP contribution in [0.15, 0.2) is 30.3 Å². The van der Waals surface area contributed by atoms with Crippen molar-refractivity contribution in [3.63, 3.8) is 0 Å². The highest BCUT2D eigenvalue weighted by Gasteiger charge is 2.71. The van der Waals surface area contributed by atoms with Gasteiger partial charge in [0.25, 0.3) is 0 Å². The minimum Gasteiger partial charge on any atom is -0.383 e. The van der Waals surface area contributed by atoms with E-state index in [1.807, 2.05) is 30.3 Å². The second-order valence-corrected chi connectivity index (χ2v) is 7.26. The Morgan fingerprint density at radius 3 is 2.47 bits per heavy atom. The van der Waals surface area contributed by atoms with Crippen molar-refractivity contribution in [1.29, 1.82) is 5.26 Å². The van der Waals surface area contributed by atoms with Crippen LogP contribution in [0.3, 0.4) is 0 Å². The molecule has 0 unspecified atom stereocenters. The second-order valence-electron chi connectivity index (χ2n) is 4.85. The van der Waals surface area contributed by atoms with E-state index in [9.17, 15) is 13.7 Å². The number of nitriles is 1. The van der Waals surface area contributed by atoms with Crippen molar-refractivity contribution in [1.82, 2.24) is 0 Å². The first-order valence-electron chi connectivity index (χ1n) is 6.20. The lowest BCUT2D eigenvalue weighted by atomic mass is 10.0. The number of sulfone groups is 1. The summed E-state index contributed by atoms with van der Waals surface area (Å²) in [6, 6.07) is 11.5. The minimum atomic E-state index is -3.27. The van der Waals surface area contributed by atoms with Gasteiger partial charge in [0.2, 0.25) is 0 Å². The maximum absolute atomic E-state index is 12.2. The number of benzene rings is 1. The molecule has 0 aliphatic heterocycles. The lowest BCUT2D eigenvalue weighted by Crippen LogP contribution is -2.20. The van der Waals surface area contributed by atoms with Crippen LogP contribution in [0.5, 0.6) is 0 Å². The summed E-state index contributed by atoms with van der Waals surface area (Å²) in [7, 11) is -1.77. The van der Waals surface area contributed by atoms with E-state index in [-0.39, 0.29) is 18.3 Å². The van der Waals surface area contributed by atoms with E-state index in [0.717, 1.165) is 5.56 Å². The van der Waals surface area contributed by atoms with Crippen LogP contribution in [0.4, 0.5) is 0 Å².